The van der Waals surface area contributed by atoms with Gasteiger partial charge < -0.3 is 16.0 Å². The summed E-state index contributed by atoms with van der Waals surface area (Å²) >= 11 is 0. The lowest BCUT2D eigenvalue weighted by Crippen LogP contribution is -2.15. The van der Waals surface area contributed by atoms with Crippen LogP contribution in [0.25, 0.3) is 0 Å². The maximum Gasteiger partial charge on any atom is 0.272 e. The van der Waals surface area contributed by atoms with Crippen LogP contribution in [0.5, 0.6) is 0 Å². The zero-order valence-corrected chi connectivity index (χ0v) is 13.0. The van der Waals surface area contributed by atoms with Crippen LogP contribution < -0.4 is 11.1 Å². The smallest absolute Gasteiger partial charge is 0.272 e. The number of nitrogen functional groups attached to an aromatic ring is 1. The van der Waals surface area contributed by atoms with E-state index in [1.807, 2.05) is 6.92 Å². The van der Waals surface area contributed by atoms with Gasteiger partial charge in [0.05, 0.1) is 11.9 Å². The number of aromatic amines is 1. The Bertz CT molecular complexity index is 702. The second-order valence-corrected chi connectivity index (χ2v) is 5.21. The SMILES string of the molecule is CCCc1c(C(=O)Nc2ccc(N)nc2)[nH]c(C)c1C(C)=O. The van der Waals surface area contributed by atoms with Crippen molar-refractivity contribution >= 4 is 23.2 Å². The van der Waals surface area contributed by atoms with E-state index >= 15 is 0 Å². The molecule has 2 heterocycles. The van der Waals surface area contributed by atoms with E-state index in [0.717, 1.165) is 17.7 Å². The molecule has 0 bridgehead atoms. The molecule has 0 fully saturated rings. The number of amides is 1. The molecular weight excluding hydrogens is 280 g/mol. The molecular formula is C16H20N4O2. The summed E-state index contributed by atoms with van der Waals surface area (Å²) in [5.74, 6) is 0.0651. The van der Waals surface area contributed by atoms with Crippen LogP contribution in [-0.4, -0.2) is 21.7 Å². The van der Waals surface area contributed by atoms with E-state index < -0.39 is 0 Å². The minimum Gasteiger partial charge on any atom is -0.384 e. The highest BCUT2D eigenvalue weighted by molar-refractivity contribution is 6.07. The van der Waals surface area contributed by atoms with E-state index in [1.165, 1.54) is 13.1 Å². The van der Waals surface area contributed by atoms with Gasteiger partial charge in [0, 0.05) is 11.3 Å². The van der Waals surface area contributed by atoms with Gasteiger partial charge in [0.15, 0.2) is 5.78 Å². The molecule has 0 aromatic carbocycles. The van der Waals surface area contributed by atoms with Crippen LogP contribution in [0.1, 0.15) is 52.4 Å². The number of aryl methyl sites for hydroxylation is 1. The number of carbonyl (C=O) groups is 2. The third-order valence-electron chi connectivity index (χ3n) is 3.41. The van der Waals surface area contributed by atoms with Gasteiger partial charge in [-0.25, -0.2) is 4.98 Å². The molecule has 1 amide bonds. The molecule has 4 N–H and O–H groups in total. The lowest BCUT2D eigenvalue weighted by atomic mass is 10.0. The van der Waals surface area contributed by atoms with Crippen molar-refractivity contribution in [1.82, 2.24) is 9.97 Å². The maximum atomic E-state index is 12.5. The average Bonchev–Trinajstić information content (AvgIpc) is 2.79. The Labute approximate surface area is 129 Å². The summed E-state index contributed by atoms with van der Waals surface area (Å²) < 4.78 is 0. The van der Waals surface area contributed by atoms with Crippen molar-refractivity contribution in [3.63, 3.8) is 0 Å². The number of anilines is 2. The standard InChI is InChI=1S/C16H20N4O2/c1-4-5-12-14(10(3)21)9(2)19-15(12)16(22)20-11-6-7-13(17)18-8-11/h6-8,19H,4-5H2,1-3H3,(H2,17,18)(H,20,22). The number of Topliss-reactive ketones (excluding diaryl/α,β-unsaturated/α-hetero) is 1. The van der Waals surface area contributed by atoms with Gasteiger partial charge in [-0.1, -0.05) is 13.3 Å². The fourth-order valence-electron chi connectivity index (χ4n) is 2.52. The van der Waals surface area contributed by atoms with Crippen LogP contribution in [0.3, 0.4) is 0 Å². The molecule has 6 nitrogen and oxygen atoms in total. The van der Waals surface area contributed by atoms with Crippen molar-refractivity contribution in [2.45, 2.75) is 33.6 Å². The van der Waals surface area contributed by atoms with E-state index in [-0.39, 0.29) is 11.7 Å². The zero-order valence-electron chi connectivity index (χ0n) is 13.0. The molecule has 116 valence electrons. The highest BCUT2D eigenvalue weighted by Gasteiger charge is 2.22. The summed E-state index contributed by atoms with van der Waals surface area (Å²) in [5, 5.41) is 2.76. The summed E-state index contributed by atoms with van der Waals surface area (Å²) in [5.41, 5.74) is 8.61. The first-order chi connectivity index (χ1) is 10.4. The molecule has 0 aliphatic rings. The first kappa shape index (κ1) is 15.8. The quantitative estimate of drug-likeness (QED) is 0.739. The fourth-order valence-corrected chi connectivity index (χ4v) is 2.52. The lowest BCUT2D eigenvalue weighted by Gasteiger charge is -2.07. The molecule has 0 saturated carbocycles. The topological polar surface area (TPSA) is 101 Å². The van der Waals surface area contributed by atoms with Crippen molar-refractivity contribution in [2.75, 3.05) is 11.1 Å². The summed E-state index contributed by atoms with van der Waals surface area (Å²) in [7, 11) is 0. The van der Waals surface area contributed by atoms with Crippen LogP contribution in [0, 0.1) is 6.92 Å². The highest BCUT2D eigenvalue weighted by atomic mass is 16.2. The monoisotopic (exact) mass is 300 g/mol. The maximum absolute atomic E-state index is 12.5. The van der Waals surface area contributed by atoms with Gasteiger partial charge in [-0.3, -0.25) is 9.59 Å². The predicted octanol–water partition coefficient (Wildman–Crippen LogP) is 2.71. The van der Waals surface area contributed by atoms with Gasteiger partial charge in [0.25, 0.3) is 5.91 Å². The number of hydrogen-bond acceptors (Lipinski definition) is 4. The summed E-state index contributed by atoms with van der Waals surface area (Å²) in [6.45, 7) is 5.33. The molecule has 6 heteroatoms. The number of nitrogens with one attached hydrogen (secondary N) is 2. The number of ketones is 1. The van der Waals surface area contributed by atoms with Crippen molar-refractivity contribution in [1.29, 1.82) is 0 Å². The Morgan fingerprint density at radius 1 is 1.36 bits per heavy atom. The summed E-state index contributed by atoms with van der Waals surface area (Å²) in [6, 6.07) is 3.30. The average molecular weight is 300 g/mol. The van der Waals surface area contributed by atoms with E-state index in [4.69, 9.17) is 5.73 Å². The molecule has 0 aliphatic carbocycles. The van der Waals surface area contributed by atoms with E-state index in [2.05, 4.69) is 15.3 Å². The van der Waals surface area contributed by atoms with Crippen LogP contribution in [-0.2, 0) is 6.42 Å². The molecule has 0 spiro atoms. The fraction of sp³-hybridized carbons (Fsp3) is 0.312. The van der Waals surface area contributed by atoms with Gasteiger partial charge in [-0.2, -0.15) is 0 Å². The van der Waals surface area contributed by atoms with E-state index in [1.54, 1.807) is 19.1 Å². The highest BCUT2D eigenvalue weighted by Crippen LogP contribution is 2.22. The zero-order chi connectivity index (χ0) is 16.3. The molecule has 2 aromatic rings. The molecule has 2 rings (SSSR count). The molecule has 0 unspecified atom stereocenters. The number of H-pyrrole nitrogens is 1. The number of rotatable bonds is 5. The normalized spacial score (nSPS) is 10.5. The van der Waals surface area contributed by atoms with Gasteiger partial charge in [-0.05, 0) is 38.0 Å². The molecule has 2 aromatic heterocycles. The Morgan fingerprint density at radius 3 is 2.64 bits per heavy atom. The second kappa shape index (κ2) is 6.43. The van der Waals surface area contributed by atoms with Crippen molar-refractivity contribution in [3.05, 3.63) is 40.8 Å². The van der Waals surface area contributed by atoms with Gasteiger partial charge in [-0.15, -0.1) is 0 Å². The van der Waals surface area contributed by atoms with Crippen LogP contribution in [0.15, 0.2) is 18.3 Å². The molecule has 0 atom stereocenters. The van der Waals surface area contributed by atoms with Crippen LogP contribution in [0.4, 0.5) is 11.5 Å². The number of aromatic nitrogens is 2. The minimum atomic E-state index is -0.286. The first-order valence-corrected chi connectivity index (χ1v) is 7.19. The Kier molecular flexibility index (Phi) is 4.60. The predicted molar refractivity (Wildman–Crippen MR) is 86.1 cm³/mol. The largest absolute Gasteiger partial charge is 0.384 e. The summed E-state index contributed by atoms with van der Waals surface area (Å²) in [4.78, 5) is 31.3. The second-order valence-electron chi connectivity index (χ2n) is 5.21. The van der Waals surface area contributed by atoms with E-state index in [9.17, 15) is 9.59 Å². The van der Waals surface area contributed by atoms with Crippen molar-refractivity contribution in [2.24, 2.45) is 0 Å². The third-order valence-corrected chi connectivity index (χ3v) is 3.41. The lowest BCUT2D eigenvalue weighted by molar-refractivity contribution is 0.101. The van der Waals surface area contributed by atoms with Gasteiger partial charge in [0.2, 0.25) is 0 Å². The van der Waals surface area contributed by atoms with Crippen LogP contribution >= 0.6 is 0 Å². The molecule has 0 aliphatic heterocycles. The van der Waals surface area contributed by atoms with Crippen molar-refractivity contribution in [3.8, 4) is 0 Å². The number of hydrogen-bond donors (Lipinski definition) is 3. The van der Waals surface area contributed by atoms with Gasteiger partial charge in [0.1, 0.15) is 11.5 Å². The van der Waals surface area contributed by atoms with Gasteiger partial charge >= 0.3 is 0 Å². The first-order valence-electron chi connectivity index (χ1n) is 7.19. The Morgan fingerprint density at radius 2 is 2.09 bits per heavy atom. The molecule has 22 heavy (non-hydrogen) atoms. The van der Waals surface area contributed by atoms with E-state index in [0.29, 0.717) is 29.2 Å². The molecule has 0 radical (unpaired) electrons. The number of pyridine rings is 1. The Hall–Kier alpha value is -2.63. The minimum absolute atomic E-state index is 0.0367. The Balaban J connectivity index is 2.34. The third kappa shape index (κ3) is 3.16. The number of carbonyl (C=O) groups excluding carboxylic acids is 2. The summed E-state index contributed by atoms with van der Waals surface area (Å²) in [6.07, 6.45) is 3.01. The van der Waals surface area contributed by atoms with Crippen LogP contribution in [0.2, 0.25) is 0 Å². The molecule has 0 saturated heterocycles. The van der Waals surface area contributed by atoms with Crippen molar-refractivity contribution < 1.29 is 9.59 Å². The number of nitrogens with zero attached hydrogens (tertiary/aromatic N) is 1. The number of nitrogens with two attached hydrogens (primary N) is 1.